The number of hydrogen-bond acceptors (Lipinski definition) is 3. The van der Waals surface area contributed by atoms with E-state index in [9.17, 15) is 13.2 Å². The van der Waals surface area contributed by atoms with Crippen molar-refractivity contribution in [1.82, 2.24) is 15.2 Å². The van der Waals surface area contributed by atoms with Crippen LogP contribution >= 0.6 is 35.3 Å². The molecule has 0 aromatic carbocycles. The van der Waals surface area contributed by atoms with Gasteiger partial charge >= 0.3 is 6.18 Å². The molecular formula is C16H26F3IN4S. The van der Waals surface area contributed by atoms with E-state index in [1.54, 1.807) is 7.05 Å². The molecule has 144 valence electrons. The first kappa shape index (κ1) is 24.2. The van der Waals surface area contributed by atoms with Crippen LogP contribution in [-0.4, -0.2) is 43.0 Å². The van der Waals surface area contributed by atoms with Gasteiger partial charge in [0.05, 0.1) is 5.01 Å². The third-order valence-electron chi connectivity index (χ3n) is 3.44. The van der Waals surface area contributed by atoms with Gasteiger partial charge in [-0.1, -0.05) is 12.5 Å². The first-order valence-electron chi connectivity index (χ1n) is 7.92. The molecule has 9 heteroatoms. The zero-order chi connectivity index (χ0) is 18.0. The number of nitrogens with zero attached hydrogens (tertiary/aromatic N) is 3. The lowest BCUT2D eigenvalue weighted by Crippen LogP contribution is -2.40. The Kier molecular flexibility index (Phi) is 12.1. The third kappa shape index (κ3) is 9.43. The highest BCUT2D eigenvalue weighted by molar-refractivity contribution is 14.0. The van der Waals surface area contributed by atoms with Gasteiger partial charge in [-0.25, -0.2) is 4.98 Å². The van der Waals surface area contributed by atoms with Crippen molar-refractivity contribution in [3.8, 4) is 0 Å². The Bertz CT molecular complexity index is 532. The van der Waals surface area contributed by atoms with Crippen LogP contribution < -0.4 is 5.32 Å². The number of guanidine groups is 1. The monoisotopic (exact) mass is 490 g/mol. The SMILES string of the molecule is C=CCCCCCN(C)C(=NC)NCCc1nc(C(F)(F)F)cs1.I. The number of nitrogens with one attached hydrogen (secondary N) is 1. The van der Waals surface area contributed by atoms with Crippen LogP contribution in [0.3, 0.4) is 0 Å². The minimum absolute atomic E-state index is 0. The number of allylic oxidation sites excluding steroid dienone is 1. The van der Waals surface area contributed by atoms with Gasteiger partial charge in [0.25, 0.3) is 0 Å². The Hall–Kier alpha value is -0.840. The summed E-state index contributed by atoms with van der Waals surface area (Å²) < 4.78 is 37.5. The standard InChI is InChI=1S/C16H25F3N4S.HI/c1-4-5-6-7-8-11-23(3)15(20-2)21-10-9-14-22-13(12-24-14)16(17,18)19;/h4,12H,1,5-11H2,2-3H3,(H,20,21);1H. The number of unbranched alkanes of at least 4 members (excludes halogenated alkanes) is 3. The number of aliphatic imine (C=N–C) groups is 1. The lowest BCUT2D eigenvalue weighted by atomic mass is 10.2. The van der Waals surface area contributed by atoms with Crippen molar-refractivity contribution in [2.24, 2.45) is 4.99 Å². The summed E-state index contributed by atoms with van der Waals surface area (Å²) in [5.41, 5.74) is -0.816. The van der Waals surface area contributed by atoms with Gasteiger partial charge in [-0.2, -0.15) is 13.2 Å². The molecule has 1 aromatic heterocycles. The van der Waals surface area contributed by atoms with E-state index < -0.39 is 11.9 Å². The van der Waals surface area contributed by atoms with E-state index >= 15 is 0 Å². The maximum atomic E-state index is 12.5. The summed E-state index contributed by atoms with van der Waals surface area (Å²) in [5, 5.41) is 4.69. The van der Waals surface area contributed by atoms with Crippen LogP contribution in [0.2, 0.25) is 0 Å². The molecule has 0 saturated heterocycles. The molecule has 0 amide bonds. The molecule has 0 aliphatic rings. The third-order valence-corrected chi connectivity index (χ3v) is 4.35. The molecule has 4 nitrogen and oxygen atoms in total. The molecule has 0 atom stereocenters. The number of aromatic nitrogens is 1. The molecule has 0 aliphatic heterocycles. The second-order valence-corrected chi connectivity index (χ2v) is 6.35. The molecule has 0 bridgehead atoms. The molecule has 0 unspecified atom stereocenters. The molecule has 1 aromatic rings. The van der Waals surface area contributed by atoms with E-state index in [0.29, 0.717) is 18.0 Å². The molecule has 25 heavy (non-hydrogen) atoms. The predicted octanol–water partition coefficient (Wildman–Crippen LogP) is 4.58. The van der Waals surface area contributed by atoms with Crippen molar-refractivity contribution < 1.29 is 13.2 Å². The molecule has 0 aliphatic carbocycles. The quantitative estimate of drug-likeness (QED) is 0.181. The first-order chi connectivity index (χ1) is 11.4. The molecule has 0 saturated carbocycles. The van der Waals surface area contributed by atoms with Crippen molar-refractivity contribution >= 4 is 41.3 Å². The fraction of sp³-hybridized carbons (Fsp3) is 0.625. The summed E-state index contributed by atoms with van der Waals surface area (Å²) in [6, 6.07) is 0. The highest BCUT2D eigenvalue weighted by Gasteiger charge is 2.33. The summed E-state index contributed by atoms with van der Waals surface area (Å²) >= 11 is 1.03. The summed E-state index contributed by atoms with van der Waals surface area (Å²) in [5.74, 6) is 0.742. The molecular weight excluding hydrogens is 464 g/mol. The number of thiazole rings is 1. The van der Waals surface area contributed by atoms with Crippen LogP contribution in [0.4, 0.5) is 13.2 Å². The molecule has 0 radical (unpaired) electrons. The smallest absolute Gasteiger partial charge is 0.356 e. The van der Waals surface area contributed by atoms with E-state index in [1.807, 2.05) is 18.0 Å². The number of rotatable bonds is 9. The Morgan fingerprint density at radius 3 is 2.68 bits per heavy atom. The second-order valence-electron chi connectivity index (χ2n) is 5.41. The number of halogens is 4. The normalized spacial score (nSPS) is 11.8. The maximum Gasteiger partial charge on any atom is 0.434 e. The average Bonchev–Trinajstić information content (AvgIpc) is 3.00. The minimum Gasteiger partial charge on any atom is -0.356 e. The predicted molar refractivity (Wildman–Crippen MR) is 109 cm³/mol. The Balaban J connectivity index is 0.00000576. The van der Waals surface area contributed by atoms with Crippen LogP contribution in [0.1, 0.15) is 36.4 Å². The van der Waals surface area contributed by atoms with Gasteiger partial charge < -0.3 is 10.2 Å². The maximum absolute atomic E-state index is 12.5. The zero-order valence-electron chi connectivity index (χ0n) is 14.6. The van der Waals surface area contributed by atoms with Crippen molar-refractivity contribution in [1.29, 1.82) is 0 Å². The van der Waals surface area contributed by atoms with E-state index in [4.69, 9.17) is 0 Å². The van der Waals surface area contributed by atoms with E-state index in [0.717, 1.165) is 54.9 Å². The first-order valence-corrected chi connectivity index (χ1v) is 8.80. The molecule has 1 heterocycles. The summed E-state index contributed by atoms with van der Waals surface area (Å²) in [6.45, 7) is 5.08. The van der Waals surface area contributed by atoms with Crippen LogP contribution in [0.25, 0.3) is 0 Å². The van der Waals surface area contributed by atoms with Gasteiger partial charge in [-0.05, 0) is 19.3 Å². The van der Waals surface area contributed by atoms with Gasteiger partial charge in [0, 0.05) is 39.0 Å². The Morgan fingerprint density at radius 2 is 2.12 bits per heavy atom. The zero-order valence-corrected chi connectivity index (χ0v) is 17.8. The highest BCUT2D eigenvalue weighted by atomic mass is 127. The van der Waals surface area contributed by atoms with Crippen LogP contribution in [0.5, 0.6) is 0 Å². The number of hydrogen-bond donors (Lipinski definition) is 1. The van der Waals surface area contributed by atoms with Crippen LogP contribution in [-0.2, 0) is 12.6 Å². The van der Waals surface area contributed by atoms with E-state index in [-0.39, 0.29) is 24.0 Å². The van der Waals surface area contributed by atoms with Crippen molar-refractivity contribution in [3.63, 3.8) is 0 Å². The van der Waals surface area contributed by atoms with Crippen LogP contribution in [0.15, 0.2) is 23.0 Å². The van der Waals surface area contributed by atoms with Crippen molar-refractivity contribution in [2.45, 2.75) is 38.3 Å². The summed E-state index contributed by atoms with van der Waals surface area (Å²) in [7, 11) is 3.65. The molecule has 1 rings (SSSR count). The number of alkyl halides is 3. The van der Waals surface area contributed by atoms with Gasteiger partial charge in [0.15, 0.2) is 11.7 Å². The lowest BCUT2D eigenvalue weighted by molar-refractivity contribution is -0.140. The van der Waals surface area contributed by atoms with Crippen molar-refractivity contribution in [3.05, 3.63) is 28.7 Å². The van der Waals surface area contributed by atoms with Crippen LogP contribution in [0, 0.1) is 0 Å². The van der Waals surface area contributed by atoms with Gasteiger partial charge in [0.2, 0.25) is 0 Å². The summed E-state index contributed by atoms with van der Waals surface area (Å²) in [4.78, 5) is 9.84. The lowest BCUT2D eigenvalue weighted by Gasteiger charge is -2.21. The fourth-order valence-corrected chi connectivity index (χ4v) is 2.95. The van der Waals surface area contributed by atoms with E-state index in [1.165, 1.54) is 0 Å². The van der Waals surface area contributed by atoms with Gasteiger partial charge in [-0.3, -0.25) is 4.99 Å². The minimum atomic E-state index is -4.37. The second kappa shape index (κ2) is 12.5. The largest absolute Gasteiger partial charge is 0.434 e. The Labute approximate surface area is 168 Å². The Morgan fingerprint density at radius 1 is 1.40 bits per heavy atom. The van der Waals surface area contributed by atoms with Gasteiger partial charge in [0.1, 0.15) is 0 Å². The van der Waals surface area contributed by atoms with Gasteiger partial charge in [-0.15, -0.1) is 41.9 Å². The van der Waals surface area contributed by atoms with E-state index in [2.05, 4.69) is 21.9 Å². The molecule has 0 spiro atoms. The topological polar surface area (TPSA) is 40.5 Å². The molecule has 1 N–H and O–H groups in total. The summed E-state index contributed by atoms with van der Waals surface area (Å²) in [6.07, 6.45) is 2.35. The fourth-order valence-electron chi connectivity index (χ4n) is 2.14. The highest BCUT2D eigenvalue weighted by Crippen LogP contribution is 2.29. The van der Waals surface area contributed by atoms with Crippen molar-refractivity contribution in [2.75, 3.05) is 27.2 Å². The molecule has 0 fully saturated rings. The average molecular weight is 490 g/mol.